The van der Waals surface area contributed by atoms with Crippen molar-refractivity contribution in [2.45, 2.75) is 49.9 Å². The van der Waals surface area contributed by atoms with E-state index in [4.69, 9.17) is 4.74 Å². The van der Waals surface area contributed by atoms with Crippen molar-refractivity contribution in [3.8, 4) is 0 Å². The van der Waals surface area contributed by atoms with Gasteiger partial charge >= 0.3 is 12.4 Å². The third-order valence-corrected chi connectivity index (χ3v) is 7.41. The van der Waals surface area contributed by atoms with E-state index in [1.165, 1.54) is 54.4 Å². The maximum absolute atomic E-state index is 13.8. The number of halogens is 8. The molecule has 5 rings (SSSR count). The number of alkyl halides is 6. The first kappa shape index (κ1) is 28.7. The van der Waals surface area contributed by atoms with E-state index in [0.29, 0.717) is 28.8 Å². The van der Waals surface area contributed by atoms with E-state index in [1.807, 2.05) is 0 Å². The largest absolute Gasteiger partial charge is 0.416 e. The van der Waals surface area contributed by atoms with E-state index < -0.39 is 65.3 Å². The number of carbonyl (C=O) groups is 1. The lowest BCUT2D eigenvalue weighted by molar-refractivity contribution is -0.143. The second-order valence-electron chi connectivity index (χ2n) is 10.0. The topological polar surface area (TPSA) is 42.4 Å². The number of ether oxygens (including phenoxy) is 1. The van der Waals surface area contributed by atoms with Crippen LogP contribution in [0.4, 0.5) is 35.1 Å². The summed E-state index contributed by atoms with van der Waals surface area (Å²) < 4.78 is 114. The van der Waals surface area contributed by atoms with Gasteiger partial charge in [0, 0.05) is 36.8 Å². The Labute approximate surface area is 229 Å². The van der Waals surface area contributed by atoms with Gasteiger partial charge in [-0.3, -0.25) is 4.79 Å². The van der Waals surface area contributed by atoms with Crippen LogP contribution in [0.25, 0.3) is 5.57 Å². The summed E-state index contributed by atoms with van der Waals surface area (Å²) in [6.07, 6.45) is -9.30. The van der Waals surface area contributed by atoms with Crippen molar-refractivity contribution in [3.05, 3.63) is 106 Å². The number of nitrogens with zero attached hydrogens (tertiary/aromatic N) is 2. The Bertz CT molecular complexity index is 1450. The molecule has 0 bridgehead atoms. The minimum Gasteiger partial charge on any atom is -0.368 e. The molecule has 0 aliphatic carbocycles. The average molecular weight is 582 g/mol. The summed E-state index contributed by atoms with van der Waals surface area (Å²) in [7, 11) is 0. The highest BCUT2D eigenvalue weighted by Crippen LogP contribution is 2.45. The molecule has 0 radical (unpaired) electrons. The number of benzene rings is 2. The lowest BCUT2D eigenvalue weighted by atomic mass is 9.83. The number of hydrogen-bond donors (Lipinski definition) is 0. The molecule has 4 atom stereocenters. The Morgan fingerprint density at radius 3 is 2.15 bits per heavy atom. The molecule has 0 N–H and O–H groups in total. The molecule has 41 heavy (non-hydrogen) atoms. The van der Waals surface area contributed by atoms with Crippen LogP contribution in [0.2, 0.25) is 0 Å². The molecule has 3 aromatic rings. The number of carbonyl (C=O) groups excluding carboxylic acids is 1. The Balaban J connectivity index is 1.50. The fourth-order valence-corrected chi connectivity index (χ4v) is 5.50. The fourth-order valence-electron chi connectivity index (χ4n) is 5.50. The lowest BCUT2D eigenvalue weighted by Crippen LogP contribution is -2.39. The first-order valence-corrected chi connectivity index (χ1v) is 12.5. The highest BCUT2D eigenvalue weighted by atomic mass is 19.4. The monoisotopic (exact) mass is 582 g/mol. The van der Waals surface area contributed by atoms with E-state index in [2.05, 4.69) is 4.98 Å². The quantitative estimate of drug-likeness (QED) is 0.234. The van der Waals surface area contributed by atoms with Crippen molar-refractivity contribution in [3.63, 3.8) is 0 Å². The Morgan fingerprint density at radius 2 is 1.56 bits per heavy atom. The highest BCUT2D eigenvalue weighted by molar-refractivity contribution is 5.97. The van der Waals surface area contributed by atoms with Crippen LogP contribution in [0.1, 0.15) is 53.2 Å². The second-order valence-corrected chi connectivity index (χ2v) is 10.0. The SMILES string of the molecule is C[C@@H](O[C@H]1CN2C(=O)C=C(c3ccnc(F)c3)C[C@H]2[C@@H]1c1ccc(F)cc1)c1cc(C(F)(F)F)cc(C(F)(F)F)c1. The summed E-state index contributed by atoms with van der Waals surface area (Å²) in [5.74, 6) is -2.30. The van der Waals surface area contributed by atoms with Gasteiger partial charge in [-0.05, 0) is 72.0 Å². The summed E-state index contributed by atoms with van der Waals surface area (Å²) in [6.45, 7) is 1.31. The predicted molar refractivity (Wildman–Crippen MR) is 131 cm³/mol. The van der Waals surface area contributed by atoms with Gasteiger partial charge in [-0.1, -0.05) is 12.1 Å². The number of aromatic nitrogens is 1. The van der Waals surface area contributed by atoms with Gasteiger partial charge in [-0.2, -0.15) is 30.7 Å². The minimum atomic E-state index is -5.03. The molecule has 216 valence electrons. The fraction of sp³-hybridized carbons (Fsp3) is 0.310. The molecular weight excluding hydrogens is 560 g/mol. The van der Waals surface area contributed by atoms with Gasteiger partial charge in [0.15, 0.2) is 0 Å². The summed E-state index contributed by atoms with van der Waals surface area (Å²) in [5.41, 5.74) is -1.76. The first-order valence-electron chi connectivity index (χ1n) is 12.5. The molecule has 0 spiro atoms. The lowest BCUT2D eigenvalue weighted by Gasteiger charge is -2.33. The van der Waals surface area contributed by atoms with Crippen molar-refractivity contribution in [1.82, 2.24) is 9.88 Å². The van der Waals surface area contributed by atoms with E-state index in [9.17, 15) is 39.9 Å². The van der Waals surface area contributed by atoms with E-state index in [0.717, 1.165) is 0 Å². The predicted octanol–water partition coefficient (Wildman–Crippen LogP) is 7.33. The molecule has 12 heteroatoms. The van der Waals surface area contributed by atoms with Gasteiger partial charge in [0.2, 0.25) is 11.9 Å². The van der Waals surface area contributed by atoms with Gasteiger partial charge in [0.1, 0.15) is 5.82 Å². The zero-order valence-corrected chi connectivity index (χ0v) is 21.3. The van der Waals surface area contributed by atoms with Crippen LogP contribution in [0.15, 0.2) is 66.9 Å². The summed E-state index contributed by atoms with van der Waals surface area (Å²) >= 11 is 0. The van der Waals surface area contributed by atoms with E-state index in [-0.39, 0.29) is 24.6 Å². The summed E-state index contributed by atoms with van der Waals surface area (Å²) in [6, 6.07) is 8.82. The molecule has 1 amide bonds. The molecule has 1 saturated heterocycles. The average Bonchev–Trinajstić information content (AvgIpc) is 3.26. The smallest absolute Gasteiger partial charge is 0.368 e. The van der Waals surface area contributed by atoms with Crippen LogP contribution >= 0.6 is 0 Å². The molecule has 1 aromatic heterocycles. The van der Waals surface area contributed by atoms with E-state index >= 15 is 0 Å². The normalized spacial score (nSPS) is 22.0. The maximum Gasteiger partial charge on any atom is 0.416 e. The maximum atomic E-state index is 13.8. The number of fused-ring (bicyclic) bond motifs is 1. The zero-order chi connectivity index (χ0) is 29.7. The number of rotatable bonds is 5. The van der Waals surface area contributed by atoms with Crippen LogP contribution in [-0.2, 0) is 21.9 Å². The van der Waals surface area contributed by atoms with Crippen LogP contribution in [0.5, 0.6) is 0 Å². The minimum absolute atomic E-state index is 0.0184. The van der Waals surface area contributed by atoms with Gasteiger partial charge in [-0.15, -0.1) is 0 Å². The third kappa shape index (κ3) is 5.97. The van der Waals surface area contributed by atoms with Crippen molar-refractivity contribution in [2.24, 2.45) is 0 Å². The molecule has 0 saturated carbocycles. The molecular formula is C29H22F8N2O2. The molecule has 2 aliphatic rings. The van der Waals surface area contributed by atoms with Crippen molar-refractivity contribution < 1.29 is 44.7 Å². The van der Waals surface area contributed by atoms with Gasteiger partial charge in [0.25, 0.3) is 0 Å². The standard InChI is InChI=1S/C29H22F8N2O2/c1-15(18-8-20(28(32,33)34)13-21(9-18)29(35,36)37)41-24-14-39-23(27(24)16-2-4-22(30)5-3-16)10-19(12-26(39)40)17-6-7-38-25(31)11-17/h2-9,11-13,15,23-24,27H,10,14H2,1H3/t15-,23+,24+,27+/m1/s1. The molecule has 0 unspecified atom stereocenters. The highest BCUT2D eigenvalue weighted by Gasteiger charge is 2.48. The molecule has 2 aliphatic heterocycles. The number of pyridine rings is 1. The van der Waals surface area contributed by atoms with Gasteiger partial charge < -0.3 is 9.64 Å². The zero-order valence-electron chi connectivity index (χ0n) is 21.3. The third-order valence-electron chi connectivity index (χ3n) is 7.41. The van der Waals surface area contributed by atoms with Crippen LogP contribution < -0.4 is 0 Å². The van der Waals surface area contributed by atoms with E-state index in [1.54, 1.807) is 6.07 Å². The molecule has 3 heterocycles. The molecule has 1 fully saturated rings. The Morgan fingerprint density at radius 1 is 0.927 bits per heavy atom. The number of amides is 1. The second kappa shape index (κ2) is 10.6. The molecule has 2 aromatic carbocycles. The number of hydrogen-bond acceptors (Lipinski definition) is 3. The van der Waals surface area contributed by atoms with Crippen LogP contribution in [0, 0.1) is 11.8 Å². The van der Waals surface area contributed by atoms with Gasteiger partial charge in [0.05, 0.1) is 23.3 Å². The summed E-state index contributed by atoms with van der Waals surface area (Å²) in [4.78, 5) is 18.2. The Hall–Kier alpha value is -3.80. The first-order chi connectivity index (χ1) is 19.2. The van der Waals surface area contributed by atoms with Crippen molar-refractivity contribution in [2.75, 3.05) is 6.54 Å². The van der Waals surface area contributed by atoms with Crippen LogP contribution in [-0.4, -0.2) is 34.5 Å². The Kier molecular flexibility index (Phi) is 7.39. The van der Waals surface area contributed by atoms with Crippen molar-refractivity contribution >= 4 is 11.5 Å². The van der Waals surface area contributed by atoms with Gasteiger partial charge in [-0.25, -0.2) is 9.37 Å². The van der Waals surface area contributed by atoms with Crippen LogP contribution in [0.3, 0.4) is 0 Å². The molecule has 4 nitrogen and oxygen atoms in total. The van der Waals surface area contributed by atoms with Crippen molar-refractivity contribution in [1.29, 1.82) is 0 Å². The summed E-state index contributed by atoms with van der Waals surface area (Å²) in [5, 5.41) is 0.